The van der Waals surface area contributed by atoms with Crippen molar-refractivity contribution in [2.75, 3.05) is 6.61 Å². The van der Waals surface area contributed by atoms with Crippen molar-refractivity contribution in [2.24, 2.45) is 5.41 Å². The van der Waals surface area contributed by atoms with Crippen molar-refractivity contribution in [2.45, 2.75) is 27.2 Å². The van der Waals surface area contributed by atoms with Gasteiger partial charge in [0.05, 0.1) is 6.61 Å². The molecule has 0 aliphatic heterocycles. The molecule has 0 amide bonds. The predicted molar refractivity (Wildman–Crippen MR) is 53.1 cm³/mol. The second-order valence-corrected chi connectivity index (χ2v) is 3.85. The summed E-state index contributed by atoms with van der Waals surface area (Å²) in [6, 6.07) is 0. The number of hydrogen-bond acceptors (Lipinski definition) is 4. The zero-order valence-electron chi connectivity index (χ0n) is 9.12. The average molecular weight is 210 g/mol. The standard InChI is InChI=1S/C11H14O4/c1-4-15-10(14)11(3)6-8(12)5-7(2)9(11)13/h5H,4,6H2,1-3H3. The Morgan fingerprint density at radius 1 is 1.53 bits per heavy atom. The molecule has 1 rings (SSSR count). The molecule has 4 nitrogen and oxygen atoms in total. The summed E-state index contributed by atoms with van der Waals surface area (Å²) in [5.74, 6) is -1.14. The first-order chi connectivity index (χ1) is 6.91. The quantitative estimate of drug-likeness (QED) is 0.504. The van der Waals surface area contributed by atoms with Crippen LogP contribution in [0.2, 0.25) is 0 Å². The summed E-state index contributed by atoms with van der Waals surface area (Å²) < 4.78 is 4.81. The number of carbonyl (C=O) groups is 3. The van der Waals surface area contributed by atoms with Gasteiger partial charge in [-0.3, -0.25) is 14.4 Å². The van der Waals surface area contributed by atoms with Gasteiger partial charge in [0.1, 0.15) is 5.41 Å². The number of rotatable bonds is 2. The van der Waals surface area contributed by atoms with Crippen LogP contribution in [0.5, 0.6) is 0 Å². The number of carbonyl (C=O) groups excluding carboxylic acids is 3. The summed E-state index contributed by atoms with van der Waals surface area (Å²) in [6.45, 7) is 4.87. The molecule has 82 valence electrons. The molecule has 1 aliphatic carbocycles. The van der Waals surface area contributed by atoms with Crippen LogP contribution in [0, 0.1) is 5.41 Å². The molecule has 0 aromatic carbocycles. The Labute approximate surface area is 88.3 Å². The molecule has 0 heterocycles. The Morgan fingerprint density at radius 3 is 2.67 bits per heavy atom. The van der Waals surface area contributed by atoms with Crippen molar-refractivity contribution in [3.63, 3.8) is 0 Å². The van der Waals surface area contributed by atoms with Crippen LogP contribution in [-0.4, -0.2) is 24.1 Å². The fraction of sp³-hybridized carbons (Fsp3) is 0.545. The van der Waals surface area contributed by atoms with Gasteiger partial charge in [0.15, 0.2) is 11.6 Å². The van der Waals surface area contributed by atoms with E-state index in [0.29, 0.717) is 5.57 Å². The van der Waals surface area contributed by atoms with Crippen molar-refractivity contribution in [3.8, 4) is 0 Å². The molecule has 0 bridgehead atoms. The van der Waals surface area contributed by atoms with E-state index in [0.717, 1.165) is 0 Å². The number of Topliss-reactive ketones (excluding diaryl/α,β-unsaturated/α-hetero) is 1. The molecule has 0 saturated carbocycles. The molecule has 0 spiro atoms. The van der Waals surface area contributed by atoms with Gasteiger partial charge in [0.25, 0.3) is 0 Å². The molecule has 1 atom stereocenters. The molecule has 15 heavy (non-hydrogen) atoms. The van der Waals surface area contributed by atoms with E-state index < -0.39 is 11.4 Å². The third-order valence-corrected chi connectivity index (χ3v) is 2.49. The molecule has 1 unspecified atom stereocenters. The number of ketones is 2. The van der Waals surface area contributed by atoms with Gasteiger partial charge in [-0.25, -0.2) is 0 Å². The second kappa shape index (κ2) is 3.96. The zero-order chi connectivity index (χ0) is 11.6. The lowest BCUT2D eigenvalue weighted by atomic mass is 9.74. The van der Waals surface area contributed by atoms with Crippen molar-refractivity contribution in [1.82, 2.24) is 0 Å². The fourth-order valence-electron chi connectivity index (χ4n) is 1.68. The highest BCUT2D eigenvalue weighted by Crippen LogP contribution is 2.32. The largest absolute Gasteiger partial charge is 0.465 e. The van der Waals surface area contributed by atoms with Gasteiger partial charge < -0.3 is 4.74 Å². The summed E-state index contributed by atoms with van der Waals surface area (Å²) in [5, 5.41) is 0. The van der Waals surface area contributed by atoms with Gasteiger partial charge >= 0.3 is 5.97 Å². The van der Waals surface area contributed by atoms with Gasteiger partial charge in [-0.05, 0) is 32.4 Å². The van der Waals surface area contributed by atoms with Crippen molar-refractivity contribution < 1.29 is 19.1 Å². The van der Waals surface area contributed by atoms with E-state index >= 15 is 0 Å². The van der Waals surface area contributed by atoms with Crippen LogP contribution in [0.15, 0.2) is 11.6 Å². The van der Waals surface area contributed by atoms with Crippen molar-refractivity contribution >= 4 is 17.5 Å². The third kappa shape index (κ3) is 1.98. The van der Waals surface area contributed by atoms with Gasteiger partial charge in [-0.1, -0.05) is 0 Å². The number of hydrogen-bond donors (Lipinski definition) is 0. The maximum atomic E-state index is 11.8. The van der Waals surface area contributed by atoms with Crippen LogP contribution in [0.3, 0.4) is 0 Å². The van der Waals surface area contributed by atoms with E-state index in [1.54, 1.807) is 6.92 Å². The highest BCUT2D eigenvalue weighted by molar-refractivity contribution is 6.19. The Bertz CT molecular complexity index is 354. The van der Waals surface area contributed by atoms with Crippen LogP contribution in [0.4, 0.5) is 0 Å². The second-order valence-electron chi connectivity index (χ2n) is 3.85. The van der Waals surface area contributed by atoms with Crippen LogP contribution in [-0.2, 0) is 19.1 Å². The normalized spacial score (nSPS) is 26.2. The SMILES string of the molecule is CCOC(=O)C1(C)CC(=O)C=C(C)C1=O. The van der Waals surface area contributed by atoms with Crippen LogP contribution in [0.1, 0.15) is 27.2 Å². The molecule has 1 aliphatic rings. The summed E-state index contributed by atoms with van der Waals surface area (Å²) in [5.41, 5.74) is -1.01. The van der Waals surface area contributed by atoms with E-state index in [1.807, 2.05) is 0 Å². The lowest BCUT2D eigenvalue weighted by molar-refractivity contribution is -0.160. The van der Waals surface area contributed by atoms with E-state index in [4.69, 9.17) is 4.74 Å². The Kier molecular flexibility index (Phi) is 3.07. The van der Waals surface area contributed by atoms with E-state index in [-0.39, 0.29) is 24.6 Å². The predicted octanol–water partition coefficient (Wildman–Crippen LogP) is 1.04. The Morgan fingerprint density at radius 2 is 2.13 bits per heavy atom. The molecule has 0 aromatic rings. The minimum atomic E-state index is -1.33. The summed E-state index contributed by atoms with van der Waals surface area (Å²) in [6.07, 6.45) is 1.19. The number of ether oxygens (including phenoxy) is 1. The van der Waals surface area contributed by atoms with Crippen LogP contribution < -0.4 is 0 Å². The molecule has 0 fully saturated rings. The molecule has 0 N–H and O–H groups in total. The molecule has 0 saturated heterocycles. The van der Waals surface area contributed by atoms with E-state index in [9.17, 15) is 14.4 Å². The monoisotopic (exact) mass is 210 g/mol. The Hall–Kier alpha value is -1.45. The fourth-order valence-corrected chi connectivity index (χ4v) is 1.68. The van der Waals surface area contributed by atoms with Gasteiger partial charge in [-0.15, -0.1) is 0 Å². The summed E-state index contributed by atoms with van der Waals surface area (Å²) >= 11 is 0. The van der Waals surface area contributed by atoms with Crippen molar-refractivity contribution in [1.29, 1.82) is 0 Å². The lowest BCUT2D eigenvalue weighted by Crippen LogP contribution is -2.42. The van der Waals surface area contributed by atoms with Gasteiger partial charge in [0.2, 0.25) is 0 Å². The van der Waals surface area contributed by atoms with E-state index in [2.05, 4.69) is 0 Å². The molecular formula is C11H14O4. The third-order valence-electron chi connectivity index (χ3n) is 2.49. The maximum Gasteiger partial charge on any atom is 0.320 e. The zero-order valence-corrected chi connectivity index (χ0v) is 9.12. The molecular weight excluding hydrogens is 196 g/mol. The number of allylic oxidation sites excluding steroid dienone is 2. The Balaban J connectivity index is 3.04. The smallest absolute Gasteiger partial charge is 0.320 e. The first-order valence-electron chi connectivity index (χ1n) is 4.85. The minimum absolute atomic E-state index is 0.0952. The highest BCUT2D eigenvalue weighted by atomic mass is 16.5. The minimum Gasteiger partial charge on any atom is -0.465 e. The summed E-state index contributed by atoms with van der Waals surface area (Å²) in [4.78, 5) is 34.7. The van der Waals surface area contributed by atoms with Crippen molar-refractivity contribution in [3.05, 3.63) is 11.6 Å². The first-order valence-corrected chi connectivity index (χ1v) is 4.85. The summed E-state index contributed by atoms with van der Waals surface area (Å²) in [7, 11) is 0. The van der Waals surface area contributed by atoms with E-state index in [1.165, 1.54) is 19.9 Å². The highest BCUT2D eigenvalue weighted by Gasteiger charge is 2.46. The topological polar surface area (TPSA) is 60.4 Å². The van der Waals surface area contributed by atoms with Gasteiger partial charge in [-0.2, -0.15) is 0 Å². The molecule has 0 radical (unpaired) electrons. The molecule has 0 aromatic heterocycles. The maximum absolute atomic E-state index is 11.8. The van der Waals surface area contributed by atoms with Crippen LogP contribution >= 0.6 is 0 Å². The average Bonchev–Trinajstić information content (AvgIpc) is 2.14. The molecule has 4 heteroatoms. The lowest BCUT2D eigenvalue weighted by Gasteiger charge is -2.27. The van der Waals surface area contributed by atoms with Crippen LogP contribution in [0.25, 0.3) is 0 Å². The van der Waals surface area contributed by atoms with Gasteiger partial charge in [0, 0.05) is 6.42 Å². The number of esters is 1. The first kappa shape index (κ1) is 11.6.